The summed E-state index contributed by atoms with van der Waals surface area (Å²) in [6, 6.07) is 0.930. The maximum Gasteiger partial charge on any atom is 0.417 e. The van der Waals surface area contributed by atoms with Crippen LogP contribution in [-0.4, -0.2) is 88.9 Å². The van der Waals surface area contributed by atoms with Crippen LogP contribution in [0.3, 0.4) is 0 Å². The van der Waals surface area contributed by atoms with Gasteiger partial charge in [0.2, 0.25) is 11.6 Å². The van der Waals surface area contributed by atoms with Gasteiger partial charge in [-0.1, -0.05) is 12.6 Å². The van der Waals surface area contributed by atoms with Gasteiger partial charge in [0.15, 0.2) is 5.82 Å². The second-order valence-electron chi connectivity index (χ2n) is 13.2. The van der Waals surface area contributed by atoms with E-state index in [2.05, 4.69) is 21.4 Å². The summed E-state index contributed by atoms with van der Waals surface area (Å²) in [6.45, 7) is 12.9. The molecule has 274 valence electrons. The third-order valence-corrected chi connectivity index (χ3v) is 11.3. The molecule has 2 N–H and O–H groups in total. The minimum absolute atomic E-state index is 0.0279. The van der Waals surface area contributed by atoms with Crippen molar-refractivity contribution in [1.29, 1.82) is 0 Å². The highest BCUT2D eigenvalue weighted by molar-refractivity contribution is 7.23. The van der Waals surface area contributed by atoms with Crippen molar-refractivity contribution >= 4 is 54.7 Å². The number of rotatable bonds is 8. The van der Waals surface area contributed by atoms with Gasteiger partial charge in [0.25, 0.3) is 0 Å². The molecule has 0 spiro atoms. The van der Waals surface area contributed by atoms with E-state index in [1.807, 2.05) is 4.90 Å². The van der Waals surface area contributed by atoms with Crippen LogP contribution in [0, 0.1) is 18.2 Å². The van der Waals surface area contributed by atoms with Crippen molar-refractivity contribution in [2.75, 3.05) is 50.0 Å². The minimum atomic E-state index is -5.20. The van der Waals surface area contributed by atoms with Crippen molar-refractivity contribution in [1.82, 2.24) is 19.8 Å². The normalized spacial score (nSPS) is 23.4. The van der Waals surface area contributed by atoms with E-state index >= 15 is 22.0 Å². The molecule has 0 unspecified atom stereocenters. The first-order valence-corrected chi connectivity index (χ1v) is 17.4. The summed E-state index contributed by atoms with van der Waals surface area (Å²) in [4.78, 5) is 28.9. The molecule has 17 heteroatoms. The molecular formula is C35H32F7N7O2S. The molecular weight excluding hydrogens is 715 g/mol. The van der Waals surface area contributed by atoms with E-state index in [4.69, 9.17) is 17.0 Å². The molecule has 0 saturated carbocycles. The van der Waals surface area contributed by atoms with Crippen molar-refractivity contribution < 1.29 is 40.3 Å². The predicted molar refractivity (Wildman–Crippen MR) is 183 cm³/mol. The largest absolute Gasteiger partial charge is 0.461 e. The summed E-state index contributed by atoms with van der Waals surface area (Å²) in [5.41, 5.74) is 1.39. The van der Waals surface area contributed by atoms with E-state index in [0.29, 0.717) is 30.4 Å². The summed E-state index contributed by atoms with van der Waals surface area (Å²) in [6.07, 6.45) is -5.38. The van der Waals surface area contributed by atoms with Crippen LogP contribution in [0.15, 0.2) is 30.9 Å². The highest BCUT2D eigenvalue weighted by Gasteiger charge is 2.50. The average molecular weight is 748 g/mol. The number of aromatic nitrogens is 2. The number of nitrogens with zero attached hydrogens (tertiary/aromatic N) is 6. The first-order chi connectivity index (χ1) is 24.7. The lowest BCUT2D eigenvalue weighted by Gasteiger charge is -2.32. The zero-order chi connectivity index (χ0) is 37.3. The summed E-state index contributed by atoms with van der Waals surface area (Å²) in [7, 11) is 0. The Bertz CT molecular complexity index is 2150. The summed E-state index contributed by atoms with van der Waals surface area (Å²) in [5.74, 6) is -3.15. The number of nitrogens with two attached hydrogens (primary N) is 1. The molecule has 4 atom stereocenters. The van der Waals surface area contributed by atoms with Gasteiger partial charge in [-0.2, -0.15) is 23.1 Å². The van der Waals surface area contributed by atoms with E-state index in [0.717, 1.165) is 24.6 Å². The predicted octanol–water partition coefficient (Wildman–Crippen LogP) is 7.46. The highest BCUT2D eigenvalue weighted by Crippen LogP contribution is 2.51. The minimum Gasteiger partial charge on any atom is -0.461 e. The average Bonchev–Trinajstić information content (AvgIpc) is 3.85. The molecule has 0 bridgehead atoms. The zero-order valence-electron chi connectivity index (χ0n) is 27.7. The lowest BCUT2D eigenvalue weighted by atomic mass is 9.93. The number of anilines is 2. The molecule has 0 radical (unpaired) electrons. The van der Waals surface area contributed by atoms with E-state index in [1.165, 1.54) is 9.80 Å². The summed E-state index contributed by atoms with van der Waals surface area (Å²) < 4.78 is 113. The first kappa shape index (κ1) is 35.7. The molecule has 3 fully saturated rings. The van der Waals surface area contributed by atoms with Gasteiger partial charge >= 0.3 is 12.2 Å². The number of benzene rings is 2. The van der Waals surface area contributed by atoms with E-state index in [-0.39, 0.29) is 65.8 Å². The first-order valence-electron chi connectivity index (χ1n) is 16.5. The smallest absolute Gasteiger partial charge is 0.417 e. The maximum atomic E-state index is 17.2. The van der Waals surface area contributed by atoms with E-state index < -0.39 is 81.2 Å². The Hall–Kier alpha value is -4.69. The second-order valence-corrected chi connectivity index (χ2v) is 14.3. The lowest BCUT2D eigenvalue weighted by Crippen LogP contribution is -2.44. The summed E-state index contributed by atoms with van der Waals surface area (Å²) in [5, 5.41) is -0.876. The molecule has 4 aromatic rings. The van der Waals surface area contributed by atoms with Gasteiger partial charge in [0.1, 0.15) is 36.1 Å². The fourth-order valence-electron chi connectivity index (χ4n) is 7.99. The quantitative estimate of drug-likeness (QED) is 0.114. The van der Waals surface area contributed by atoms with Crippen LogP contribution in [0.5, 0.6) is 6.01 Å². The third-order valence-electron chi connectivity index (χ3n) is 10.3. The van der Waals surface area contributed by atoms with Crippen molar-refractivity contribution in [2.45, 2.75) is 56.3 Å². The SMILES string of the molecule is [C-]#[N+]c1c(N)sc2c(F)ccc(-c3c(C(F)(F)F)cc4c(N(CC)[C@H]5CN(C(=O)C=C)C[C@H]5F)nc(OC[C@@]56CCCN5C[C@H](F)C6)nc4c3F)c12. The van der Waals surface area contributed by atoms with Crippen molar-refractivity contribution in [2.24, 2.45) is 0 Å². The van der Waals surface area contributed by atoms with Gasteiger partial charge in [0.05, 0.1) is 40.0 Å². The number of likely N-dealkylation sites (N-methyl/N-ethyl adjacent to an activating group) is 1. The van der Waals surface area contributed by atoms with Gasteiger partial charge in [-0.05, 0) is 50.1 Å². The Morgan fingerprint density at radius 3 is 2.71 bits per heavy atom. The van der Waals surface area contributed by atoms with E-state index in [9.17, 15) is 13.6 Å². The van der Waals surface area contributed by atoms with Gasteiger partial charge in [-0.3, -0.25) is 9.69 Å². The van der Waals surface area contributed by atoms with Crippen LogP contribution in [-0.2, 0) is 11.0 Å². The fourth-order valence-corrected chi connectivity index (χ4v) is 8.93. The Kier molecular flexibility index (Phi) is 8.97. The van der Waals surface area contributed by atoms with Gasteiger partial charge < -0.3 is 20.3 Å². The Morgan fingerprint density at radius 1 is 1.25 bits per heavy atom. The number of ether oxygens (including phenoxy) is 1. The number of fused-ring (bicyclic) bond motifs is 3. The number of hydrogen-bond donors (Lipinski definition) is 1. The van der Waals surface area contributed by atoms with Crippen LogP contribution in [0.25, 0.3) is 37.0 Å². The molecule has 7 rings (SSSR count). The molecule has 3 saturated heterocycles. The standard InChI is InChI=1S/C35H32F7N7O2S/c1-4-24(50)47-14-22(38)23(15-47)49(5-2)32-19-11-20(35(40,41)42)25(18-7-8-21(37)30-26(18)29(44-3)31(43)52-30)27(39)28(19)45-33(46-32)51-16-34-9-6-10-48(34)13-17(36)12-34/h4,7-8,11,17,22-23H,1,5-6,9-10,12-16,43H2,2H3/t17-,22-,23+,34+/m1/s1. The molecule has 2 aromatic heterocycles. The summed E-state index contributed by atoms with van der Waals surface area (Å²) >= 11 is 0.650. The fraction of sp³-hybridized carbons (Fsp3) is 0.429. The molecule has 1 amide bonds. The van der Waals surface area contributed by atoms with Gasteiger partial charge in [0, 0.05) is 42.4 Å². The molecule has 2 aromatic carbocycles. The van der Waals surface area contributed by atoms with E-state index in [1.54, 1.807) is 6.92 Å². The molecule has 52 heavy (non-hydrogen) atoms. The number of carbonyl (C=O) groups excluding carboxylic acids is 1. The number of likely N-dealkylation sites (tertiary alicyclic amines) is 1. The van der Waals surface area contributed by atoms with Crippen LogP contribution in [0.4, 0.5) is 47.2 Å². The lowest BCUT2D eigenvalue weighted by molar-refractivity contribution is -0.137. The van der Waals surface area contributed by atoms with Crippen molar-refractivity contribution in [3.63, 3.8) is 0 Å². The topological polar surface area (TPSA) is 92.2 Å². The number of carbonyl (C=O) groups is 1. The molecule has 3 aliphatic heterocycles. The molecule has 3 aliphatic rings. The van der Waals surface area contributed by atoms with Crippen LogP contribution < -0.4 is 15.4 Å². The second kappa shape index (κ2) is 13.1. The molecule has 5 heterocycles. The number of nitrogen functional groups attached to an aromatic ring is 1. The number of hydrogen-bond acceptors (Lipinski definition) is 8. The maximum absolute atomic E-state index is 17.2. The van der Waals surface area contributed by atoms with Crippen molar-refractivity contribution in [3.8, 4) is 17.1 Å². The van der Waals surface area contributed by atoms with Crippen molar-refractivity contribution in [3.05, 3.63) is 59.5 Å². The zero-order valence-corrected chi connectivity index (χ0v) is 28.6. The number of thiophene rings is 1. The molecule has 0 aliphatic carbocycles. The number of amides is 1. The van der Waals surface area contributed by atoms with Gasteiger partial charge in [-0.25, -0.2) is 22.4 Å². The number of alkyl halides is 5. The Labute approximate surface area is 297 Å². The number of halogens is 7. The monoisotopic (exact) mass is 747 g/mol. The highest BCUT2D eigenvalue weighted by atomic mass is 32.1. The molecule has 9 nitrogen and oxygen atoms in total. The van der Waals surface area contributed by atoms with Gasteiger partial charge in [-0.15, -0.1) is 11.3 Å². The van der Waals surface area contributed by atoms with Crippen LogP contribution >= 0.6 is 11.3 Å². The Morgan fingerprint density at radius 2 is 2.02 bits per heavy atom. The van der Waals surface area contributed by atoms with Crippen LogP contribution in [0.2, 0.25) is 0 Å². The Balaban J connectivity index is 1.47. The third kappa shape index (κ3) is 5.76. The van der Waals surface area contributed by atoms with Crippen LogP contribution in [0.1, 0.15) is 31.7 Å².